The van der Waals surface area contributed by atoms with Crippen molar-refractivity contribution in [2.45, 2.75) is 77.9 Å². The van der Waals surface area contributed by atoms with Gasteiger partial charge >= 0.3 is 0 Å². The average Bonchev–Trinajstić information content (AvgIpc) is 3.38. The molecule has 8 rings (SSSR count). The van der Waals surface area contributed by atoms with Gasteiger partial charge in [-0.15, -0.1) is 0 Å². The van der Waals surface area contributed by atoms with E-state index in [9.17, 15) is 14.3 Å². The van der Waals surface area contributed by atoms with Gasteiger partial charge in [-0.1, -0.05) is 13.8 Å². The maximum atomic E-state index is 14.5. The Kier molecular flexibility index (Phi) is 3.69. The number of aliphatic hydroxyl groups is 1. The van der Waals surface area contributed by atoms with E-state index in [1.165, 1.54) is 25.5 Å². The number of nitriles is 1. The number of carbonyl (C=O) groups excluding carboxylic acids is 1. The second-order valence-electron chi connectivity index (χ2n) is 13.2. The molecule has 0 saturated heterocycles. The number of fused-ring (bicyclic) bond motifs is 3. The molecule has 0 amide bonds. The van der Waals surface area contributed by atoms with E-state index >= 15 is 0 Å². The number of hydrogen-bond acceptors (Lipinski definition) is 4. The molecular formula is C27H34FN3O2. The predicted octanol–water partition coefficient (Wildman–Crippen LogP) is 4.34. The van der Waals surface area contributed by atoms with Gasteiger partial charge in [-0.05, 0) is 104 Å². The number of aromatic nitrogens is 2. The number of nitrogens with zero attached hydrogens (tertiary/aromatic N) is 3. The first-order valence-electron chi connectivity index (χ1n) is 13.0. The minimum absolute atomic E-state index is 0.00399. The van der Waals surface area contributed by atoms with E-state index in [2.05, 4.69) is 18.9 Å². The Morgan fingerprint density at radius 2 is 1.91 bits per heavy atom. The molecule has 1 N–H and O–H groups in total. The monoisotopic (exact) mass is 451 g/mol. The highest BCUT2D eigenvalue weighted by molar-refractivity contribution is 5.95. The fraction of sp³-hybridized carbons (Fsp3) is 0.815. The molecule has 0 aromatic carbocycles. The molecule has 7 saturated carbocycles. The molecule has 7 fully saturated rings. The first kappa shape index (κ1) is 20.6. The molecule has 7 aliphatic carbocycles. The minimum Gasteiger partial charge on any atom is -0.390 e. The van der Waals surface area contributed by atoms with Crippen LogP contribution in [0.2, 0.25) is 0 Å². The molecule has 0 spiro atoms. The number of ketones is 1. The largest absolute Gasteiger partial charge is 0.390 e. The molecule has 6 heteroatoms. The van der Waals surface area contributed by atoms with Gasteiger partial charge in [0, 0.05) is 5.41 Å². The summed E-state index contributed by atoms with van der Waals surface area (Å²) in [5.74, 6) is 4.02. The zero-order valence-electron chi connectivity index (χ0n) is 19.9. The molecule has 176 valence electrons. The van der Waals surface area contributed by atoms with Crippen LogP contribution >= 0.6 is 0 Å². The summed E-state index contributed by atoms with van der Waals surface area (Å²) in [5.41, 5.74) is -0.812. The number of Topliss-reactive ketones (excluding diaryl/α,β-unsaturated/α-hetero) is 1. The van der Waals surface area contributed by atoms with Gasteiger partial charge in [0.1, 0.15) is 18.2 Å². The quantitative estimate of drug-likeness (QED) is 0.742. The van der Waals surface area contributed by atoms with Crippen LogP contribution in [0.1, 0.15) is 71.3 Å². The number of halogens is 1. The first-order chi connectivity index (χ1) is 15.6. The third kappa shape index (κ3) is 2.10. The van der Waals surface area contributed by atoms with Crippen LogP contribution in [0, 0.1) is 74.9 Å². The maximum absolute atomic E-state index is 14.5. The normalized spacial score (nSPS) is 55.0. The lowest BCUT2D eigenvalue weighted by Gasteiger charge is -2.56. The van der Waals surface area contributed by atoms with E-state index in [0.717, 1.165) is 42.2 Å². The van der Waals surface area contributed by atoms with Gasteiger partial charge < -0.3 is 5.11 Å². The van der Waals surface area contributed by atoms with Gasteiger partial charge in [-0.25, -0.2) is 4.68 Å². The molecule has 2 bridgehead atoms. The molecule has 11 atom stereocenters. The van der Waals surface area contributed by atoms with E-state index in [4.69, 9.17) is 5.26 Å². The van der Waals surface area contributed by atoms with Gasteiger partial charge in [0.2, 0.25) is 5.95 Å². The van der Waals surface area contributed by atoms with E-state index < -0.39 is 11.5 Å². The smallest absolute Gasteiger partial charge is 0.229 e. The lowest BCUT2D eigenvalue weighted by atomic mass is 9.48. The Balaban J connectivity index is 1.18. The van der Waals surface area contributed by atoms with E-state index in [-0.39, 0.29) is 34.1 Å². The summed E-state index contributed by atoms with van der Waals surface area (Å²) >= 11 is 0. The van der Waals surface area contributed by atoms with Crippen molar-refractivity contribution in [1.82, 2.24) is 9.78 Å². The van der Waals surface area contributed by atoms with E-state index in [1.54, 1.807) is 0 Å². The molecule has 7 aliphatic rings. The number of carbonyl (C=O) groups is 1. The molecular weight excluding hydrogens is 417 g/mol. The highest BCUT2D eigenvalue weighted by Gasteiger charge is 3.05. The molecule has 1 aromatic rings. The molecule has 0 unspecified atom stereocenters. The average molecular weight is 452 g/mol. The molecule has 1 aromatic heterocycles. The highest BCUT2D eigenvalue weighted by atomic mass is 19.1. The van der Waals surface area contributed by atoms with Crippen LogP contribution < -0.4 is 0 Å². The Morgan fingerprint density at radius 1 is 1.18 bits per heavy atom. The van der Waals surface area contributed by atoms with Crippen molar-refractivity contribution in [1.29, 1.82) is 5.26 Å². The van der Waals surface area contributed by atoms with Gasteiger partial charge in [-0.3, -0.25) is 4.79 Å². The highest BCUT2D eigenvalue weighted by Crippen LogP contribution is 3.06. The van der Waals surface area contributed by atoms with Gasteiger partial charge in [0.25, 0.3) is 0 Å². The minimum atomic E-state index is -0.687. The van der Waals surface area contributed by atoms with E-state index in [1.807, 2.05) is 13.0 Å². The van der Waals surface area contributed by atoms with Crippen LogP contribution in [-0.4, -0.2) is 26.3 Å². The van der Waals surface area contributed by atoms with Crippen LogP contribution in [0.25, 0.3) is 0 Å². The van der Waals surface area contributed by atoms with Crippen molar-refractivity contribution >= 4 is 5.78 Å². The van der Waals surface area contributed by atoms with Crippen LogP contribution in [0.5, 0.6) is 0 Å². The van der Waals surface area contributed by atoms with Gasteiger partial charge in [-0.2, -0.15) is 14.8 Å². The Bertz CT molecular complexity index is 1120. The van der Waals surface area contributed by atoms with Crippen molar-refractivity contribution < 1.29 is 14.3 Å². The van der Waals surface area contributed by atoms with Crippen LogP contribution in [0.3, 0.4) is 0 Å². The topological polar surface area (TPSA) is 78.9 Å². The fourth-order valence-electron chi connectivity index (χ4n) is 11.3. The van der Waals surface area contributed by atoms with Crippen molar-refractivity contribution in [3.05, 3.63) is 17.7 Å². The summed E-state index contributed by atoms with van der Waals surface area (Å²) in [6.45, 7) is 6.67. The van der Waals surface area contributed by atoms with Gasteiger partial charge in [0.05, 0.1) is 11.8 Å². The summed E-state index contributed by atoms with van der Waals surface area (Å²) in [7, 11) is 0. The fourth-order valence-corrected chi connectivity index (χ4v) is 11.3. The maximum Gasteiger partial charge on any atom is 0.229 e. The first-order valence-corrected chi connectivity index (χ1v) is 13.0. The van der Waals surface area contributed by atoms with Crippen molar-refractivity contribution in [3.63, 3.8) is 0 Å². The van der Waals surface area contributed by atoms with Crippen molar-refractivity contribution in [2.75, 3.05) is 0 Å². The zero-order valence-corrected chi connectivity index (χ0v) is 19.9. The third-order valence-electron chi connectivity index (χ3n) is 12.2. The van der Waals surface area contributed by atoms with Crippen LogP contribution in [0.4, 0.5) is 4.39 Å². The van der Waals surface area contributed by atoms with Crippen LogP contribution in [-0.2, 0) is 11.3 Å². The van der Waals surface area contributed by atoms with Crippen molar-refractivity contribution in [3.8, 4) is 6.07 Å². The molecule has 0 radical (unpaired) electrons. The molecule has 33 heavy (non-hydrogen) atoms. The van der Waals surface area contributed by atoms with Gasteiger partial charge in [0.15, 0.2) is 5.78 Å². The standard InChI is InChI=1S/C27H34FN3O2/c1-24(33)8-6-16-14(10-24)4-5-18-17(16)7-9-25(2)20(18)21-22-26(21,3)27(22,25)19(32)13-31-23(28)15(11-29)12-30-31/h12,14,16-18,20-22,33H,4-10,13H2,1-3H3/t14-,16+,17-,18-,20-,21+,22-,24-,25+,26+,27+/m1/s1. The second-order valence-corrected chi connectivity index (χ2v) is 13.2. The lowest BCUT2D eigenvalue weighted by Crippen LogP contribution is -2.51. The van der Waals surface area contributed by atoms with E-state index in [0.29, 0.717) is 29.6 Å². The summed E-state index contributed by atoms with van der Waals surface area (Å²) < 4.78 is 15.6. The lowest BCUT2D eigenvalue weighted by molar-refractivity contribution is -0.137. The number of hydrogen-bond donors (Lipinski definition) is 1. The summed E-state index contributed by atoms with van der Waals surface area (Å²) in [6.07, 6.45) is 9.00. The van der Waals surface area contributed by atoms with Crippen molar-refractivity contribution in [2.24, 2.45) is 57.7 Å². The predicted molar refractivity (Wildman–Crippen MR) is 118 cm³/mol. The Morgan fingerprint density at radius 3 is 2.61 bits per heavy atom. The summed E-state index contributed by atoms with van der Waals surface area (Å²) in [5, 5.41) is 23.7. The molecule has 1 heterocycles. The number of rotatable bonds is 3. The third-order valence-corrected chi connectivity index (χ3v) is 12.2. The Labute approximate surface area is 194 Å². The summed E-state index contributed by atoms with van der Waals surface area (Å²) in [6, 6.07) is 1.82. The summed E-state index contributed by atoms with van der Waals surface area (Å²) in [4.78, 5) is 13.8. The molecule has 5 nitrogen and oxygen atoms in total. The van der Waals surface area contributed by atoms with Crippen LogP contribution in [0.15, 0.2) is 6.20 Å². The SMILES string of the molecule is C[C@@]1(O)CC[C@H]2[C@H](CC[C@@H]3[C@@H]2CC[C@@]2(C)[C@H]3[C@H]3[C@@H]4[C@@]3(C)[C@@]42C(=O)Cn2ncc(C#N)c2F)C1. The second kappa shape index (κ2) is 5.90. The molecule has 0 aliphatic heterocycles. The zero-order chi connectivity index (χ0) is 23.1. The Hall–Kier alpha value is -1.74.